The van der Waals surface area contributed by atoms with Crippen molar-refractivity contribution in [3.05, 3.63) is 0 Å². The normalized spacial score (nSPS) is 34.1. The molecule has 2 aliphatic rings. The van der Waals surface area contributed by atoms with E-state index >= 15 is 0 Å². The summed E-state index contributed by atoms with van der Waals surface area (Å²) in [6, 6.07) is 0. The maximum absolute atomic E-state index is 12.3. The molecule has 2 rings (SSSR count). The fourth-order valence-electron chi connectivity index (χ4n) is 3.78. The second kappa shape index (κ2) is 7.99. The molecule has 0 spiro atoms. The van der Waals surface area contributed by atoms with Gasteiger partial charge in [0.05, 0.1) is 6.10 Å². The van der Waals surface area contributed by atoms with Crippen molar-refractivity contribution in [2.45, 2.75) is 58.0 Å². The quantitative estimate of drug-likeness (QED) is 0.784. The van der Waals surface area contributed by atoms with Crippen molar-refractivity contribution in [2.24, 2.45) is 23.5 Å². The molecule has 4 unspecified atom stereocenters. The summed E-state index contributed by atoms with van der Waals surface area (Å²) < 4.78 is 5.68. The van der Waals surface area contributed by atoms with Crippen LogP contribution in [-0.2, 0) is 9.53 Å². The Kier molecular flexibility index (Phi) is 6.30. The van der Waals surface area contributed by atoms with Crippen LogP contribution in [0.3, 0.4) is 0 Å². The highest BCUT2D eigenvalue weighted by Crippen LogP contribution is 2.31. The van der Waals surface area contributed by atoms with Crippen LogP contribution >= 0.6 is 0 Å². The number of nitrogens with two attached hydrogens (primary N) is 1. The van der Waals surface area contributed by atoms with E-state index in [4.69, 9.17) is 10.5 Å². The van der Waals surface area contributed by atoms with Gasteiger partial charge >= 0.3 is 0 Å². The lowest BCUT2D eigenvalue weighted by Gasteiger charge is -2.28. The second-order valence-electron chi connectivity index (χ2n) is 6.42. The number of carbonyl (C=O) groups excluding carboxylic acids is 1. The first kappa shape index (κ1) is 15.8. The smallest absolute Gasteiger partial charge is 0.223 e. The highest BCUT2D eigenvalue weighted by Gasteiger charge is 2.30. The summed E-state index contributed by atoms with van der Waals surface area (Å²) in [6.45, 7) is 4.54. The Balaban J connectivity index is 1.73. The summed E-state index contributed by atoms with van der Waals surface area (Å²) in [5.41, 5.74) is 5.64. The maximum Gasteiger partial charge on any atom is 0.223 e. The zero-order valence-electron chi connectivity index (χ0n) is 12.8. The number of amides is 1. The minimum absolute atomic E-state index is 0.211. The molecular weight excluding hydrogens is 252 g/mol. The van der Waals surface area contributed by atoms with Crippen molar-refractivity contribution in [3.8, 4) is 0 Å². The fourth-order valence-corrected chi connectivity index (χ4v) is 3.78. The van der Waals surface area contributed by atoms with Crippen molar-refractivity contribution >= 4 is 5.91 Å². The lowest BCUT2D eigenvalue weighted by atomic mass is 9.79. The van der Waals surface area contributed by atoms with E-state index in [1.54, 1.807) is 0 Å². The van der Waals surface area contributed by atoms with E-state index in [0.717, 1.165) is 51.8 Å². The lowest BCUT2D eigenvalue weighted by Crippen LogP contribution is -2.38. The summed E-state index contributed by atoms with van der Waals surface area (Å²) >= 11 is 0. The molecule has 116 valence electrons. The number of hydrogen-bond donors (Lipinski definition) is 2. The molecule has 0 bridgehead atoms. The van der Waals surface area contributed by atoms with Gasteiger partial charge in [-0.05, 0) is 44.6 Å². The van der Waals surface area contributed by atoms with Crippen LogP contribution in [-0.4, -0.2) is 31.7 Å². The van der Waals surface area contributed by atoms with E-state index in [0.29, 0.717) is 17.9 Å². The van der Waals surface area contributed by atoms with Crippen LogP contribution in [0, 0.1) is 17.8 Å². The molecule has 0 aromatic carbocycles. The largest absolute Gasteiger partial charge is 0.378 e. The molecule has 0 radical (unpaired) electrons. The molecule has 0 aromatic rings. The monoisotopic (exact) mass is 282 g/mol. The average molecular weight is 282 g/mol. The van der Waals surface area contributed by atoms with Crippen molar-refractivity contribution in [1.82, 2.24) is 5.32 Å². The third-order valence-corrected chi connectivity index (χ3v) is 5.02. The van der Waals surface area contributed by atoms with Gasteiger partial charge in [-0.25, -0.2) is 0 Å². The van der Waals surface area contributed by atoms with Crippen LogP contribution in [0.4, 0.5) is 0 Å². The average Bonchev–Trinajstić information content (AvgIpc) is 2.93. The molecule has 4 heteroatoms. The summed E-state index contributed by atoms with van der Waals surface area (Å²) in [7, 11) is 0. The highest BCUT2D eigenvalue weighted by molar-refractivity contribution is 5.78. The molecule has 1 heterocycles. The number of carbonyl (C=O) groups is 1. The van der Waals surface area contributed by atoms with Gasteiger partial charge in [-0.3, -0.25) is 4.79 Å². The predicted octanol–water partition coefficient (Wildman–Crippen LogP) is 2.07. The van der Waals surface area contributed by atoms with Gasteiger partial charge in [-0.2, -0.15) is 0 Å². The van der Waals surface area contributed by atoms with Gasteiger partial charge in [0.2, 0.25) is 5.91 Å². The van der Waals surface area contributed by atoms with E-state index in [1.165, 1.54) is 12.8 Å². The van der Waals surface area contributed by atoms with Crippen LogP contribution in [0.5, 0.6) is 0 Å². The van der Waals surface area contributed by atoms with E-state index in [9.17, 15) is 4.79 Å². The third-order valence-electron chi connectivity index (χ3n) is 5.02. The van der Waals surface area contributed by atoms with E-state index < -0.39 is 0 Å². The van der Waals surface area contributed by atoms with Gasteiger partial charge in [0.25, 0.3) is 0 Å². The molecule has 1 aliphatic carbocycles. The zero-order valence-corrected chi connectivity index (χ0v) is 12.8. The van der Waals surface area contributed by atoms with Crippen molar-refractivity contribution in [3.63, 3.8) is 0 Å². The first-order valence-electron chi connectivity index (χ1n) is 8.34. The van der Waals surface area contributed by atoms with Gasteiger partial charge in [0.1, 0.15) is 0 Å². The van der Waals surface area contributed by atoms with Gasteiger partial charge in [-0.15, -0.1) is 0 Å². The predicted molar refractivity (Wildman–Crippen MR) is 80.3 cm³/mol. The topological polar surface area (TPSA) is 64.3 Å². The Morgan fingerprint density at radius 3 is 2.95 bits per heavy atom. The lowest BCUT2D eigenvalue weighted by molar-refractivity contribution is -0.126. The summed E-state index contributed by atoms with van der Waals surface area (Å²) in [6.07, 6.45) is 8.03. The van der Waals surface area contributed by atoms with Gasteiger partial charge in [-0.1, -0.05) is 19.8 Å². The molecule has 2 fully saturated rings. The Hall–Kier alpha value is -0.610. The highest BCUT2D eigenvalue weighted by atomic mass is 16.5. The second-order valence-corrected chi connectivity index (χ2v) is 6.42. The summed E-state index contributed by atoms with van der Waals surface area (Å²) in [4.78, 5) is 12.3. The third kappa shape index (κ3) is 4.19. The molecule has 3 N–H and O–H groups in total. The van der Waals surface area contributed by atoms with Crippen LogP contribution < -0.4 is 11.1 Å². The van der Waals surface area contributed by atoms with Gasteiger partial charge in [0, 0.05) is 25.0 Å². The van der Waals surface area contributed by atoms with Gasteiger partial charge < -0.3 is 15.8 Å². The summed E-state index contributed by atoms with van der Waals surface area (Å²) in [5.74, 6) is 1.63. The van der Waals surface area contributed by atoms with E-state index in [-0.39, 0.29) is 11.8 Å². The number of rotatable bonds is 6. The van der Waals surface area contributed by atoms with Crippen LogP contribution in [0.25, 0.3) is 0 Å². The van der Waals surface area contributed by atoms with Crippen molar-refractivity contribution in [2.75, 3.05) is 19.7 Å². The Morgan fingerprint density at radius 2 is 2.20 bits per heavy atom. The number of ether oxygens (including phenoxy) is 1. The van der Waals surface area contributed by atoms with E-state index in [1.807, 2.05) is 0 Å². The molecule has 0 aromatic heterocycles. The molecular formula is C16H30N2O2. The first-order valence-corrected chi connectivity index (χ1v) is 8.34. The SMILES string of the molecule is CCC1OCCC1CNC(=O)C1CCCC(CCN)C1. The van der Waals surface area contributed by atoms with Crippen molar-refractivity contribution in [1.29, 1.82) is 0 Å². The maximum atomic E-state index is 12.3. The molecule has 4 nitrogen and oxygen atoms in total. The van der Waals surface area contributed by atoms with Crippen LogP contribution in [0.1, 0.15) is 51.9 Å². The number of hydrogen-bond acceptors (Lipinski definition) is 3. The van der Waals surface area contributed by atoms with Crippen molar-refractivity contribution < 1.29 is 9.53 Å². The minimum Gasteiger partial charge on any atom is -0.378 e. The van der Waals surface area contributed by atoms with Gasteiger partial charge in [0.15, 0.2) is 0 Å². The number of nitrogens with one attached hydrogen (secondary N) is 1. The Bertz CT molecular complexity index is 307. The standard InChI is InChI=1S/C16H30N2O2/c1-2-15-14(7-9-20-15)11-18-16(19)13-5-3-4-12(10-13)6-8-17/h12-15H,2-11,17H2,1H3,(H,18,19). The van der Waals surface area contributed by atoms with Crippen LogP contribution in [0.15, 0.2) is 0 Å². The zero-order chi connectivity index (χ0) is 14.4. The molecule has 20 heavy (non-hydrogen) atoms. The van der Waals surface area contributed by atoms with E-state index in [2.05, 4.69) is 12.2 Å². The van der Waals surface area contributed by atoms with Crippen LogP contribution in [0.2, 0.25) is 0 Å². The summed E-state index contributed by atoms with van der Waals surface area (Å²) in [5, 5.41) is 3.17. The minimum atomic E-state index is 0.211. The molecule has 1 saturated heterocycles. The first-order chi connectivity index (χ1) is 9.74. The fraction of sp³-hybridized carbons (Fsp3) is 0.938. The molecule has 1 saturated carbocycles. The Morgan fingerprint density at radius 1 is 1.35 bits per heavy atom. The Labute approximate surface area is 122 Å². The molecule has 1 aliphatic heterocycles. The molecule has 4 atom stereocenters. The molecule has 1 amide bonds.